The summed E-state index contributed by atoms with van der Waals surface area (Å²) >= 11 is 0. The summed E-state index contributed by atoms with van der Waals surface area (Å²) in [4.78, 5) is 8.50. The van der Waals surface area contributed by atoms with Gasteiger partial charge < -0.3 is 11.1 Å². The van der Waals surface area contributed by atoms with Gasteiger partial charge in [0.15, 0.2) is 0 Å². The monoisotopic (exact) mass is 222 g/mol. The van der Waals surface area contributed by atoms with Crippen molar-refractivity contribution in [1.82, 2.24) is 9.97 Å². The largest absolute Gasteiger partial charge is 0.384 e. The summed E-state index contributed by atoms with van der Waals surface area (Å²) in [6, 6.07) is 1.79. The van der Waals surface area contributed by atoms with Gasteiger partial charge >= 0.3 is 0 Å². The average molecular weight is 222 g/mol. The summed E-state index contributed by atoms with van der Waals surface area (Å²) in [5, 5.41) is 3.28. The van der Waals surface area contributed by atoms with E-state index in [9.17, 15) is 0 Å². The van der Waals surface area contributed by atoms with Gasteiger partial charge in [-0.1, -0.05) is 20.8 Å². The second kappa shape index (κ2) is 6.30. The Bertz CT molecular complexity index is 323. The van der Waals surface area contributed by atoms with Crippen LogP contribution in [0, 0.1) is 5.92 Å². The molecule has 0 bridgehead atoms. The number of aromatic nitrogens is 2. The number of nitrogens with zero attached hydrogens (tertiary/aromatic N) is 2. The van der Waals surface area contributed by atoms with E-state index >= 15 is 0 Å². The van der Waals surface area contributed by atoms with Gasteiger partial charge in [-0.3, -0.25) is 0 Å². The first-order valence-electron chi connectivity index (χ1n) is 5.99. The molecule has 3 N–H and O–H groups in total. The van der Waals surface area contributed by atoms with Crippen LogP contribution in [0.1, 0.15) is 39.4 Å². The van der Waals surface area contributed by atoms with E-state index in [-0.39, 0.29) is 0 Å². The van der Waals surface area contributed by atoms with Crippen LogP contribution in [0.3, 0.4) is 0 Å². The smallest absolute Gasteiger partial charge is 0.132 e. The lowest BCUT2D eigenvalue weighted by atomic mass is 10.1. The zero-order valence-electron chi connectivity index (χ0n) is 10.5. The summed E-state index contributed by atoms with van der Waals surface area (Å²) in [5.74, 6) is 2.93. The van der Waals surface area contributed by atoms with Gasteiger partial charge in [0, 0.05) is 19.0 Å². The molecule has 4 heteroatoms. The average Bonchev–Trinajstić information content (AvgIpc) is 2.23. The summed E-state index contributed by atoms with van der Waals surface area (Å²) in [7, 11) is 0. The van der Waals surface area contributed by atoms with E-state index in [2.05, 4.69) is 29.1 Å². The van der Waals surface area contributed by atoms with Crippen molar-refractivity contribution in [2.45, 2.75) is 40.0 Å². The van der Waals surface area contributed by atoms with Crippen LogP contribution in [0.5, 0.6) is 0 Å². The maximum atomic E-state index is 5.70. The van der Waals surface area contributed by atoms with Crippen LogP contribution in [0.2, 0.25) is 0 Å². The number of hydrogen-bond acceptors (Lipinski definition) is 4. The molecule has 0 radical (unpaired) electrons. The van der Waals surface area contributed by atoms with Crippen LogP contribution in [0.15, 0.2) is 6.07 Å². The molecule has 0 aromatic carbocycles. The first-order chi connectivity index (χ1) is 7.61. The highest BCUT2D eigenvalue weighted by molar-refractivity contribution is 5.44. The molecule has 0 aliphatic rings. The predicted octanol–water partition coefficient (Wildman–Crippen LogP) is 2.47. The van der Waals surface area contributed by atoms with E-state index < -0.39 is 0 Å². The molecule has 0 atom stereocenters. The lowest BCUT2D eigenvalue weighted by Gasteiger charge is -2.08. The molecule has 0 amide bonds. The third-order valence-electron chi connectivity index (χ3n) is 2.37. The molecule has 0 unspecified atom stereocenters. The van der Waals surface area contributed by atoms with E-state index in [0.717, 1.165) is 36.9 Å². The second-order valence-corrected chi connectivity index (χ2v) is 4.41. The Morgan fingerprint density at radius 3 is 2.75 bits per heavy atom. The summed E-state index contributed by atoms with van der Waals surface area (Å²) in [6.07, 6.45) is 3.20. The van der Waals surface area contributed by atoms with Gasteiger partial charge in [-0.05, 0) is 18.8 Å². The fourth-order valence-corrected chi connectivity index (χ4v) is 1.49. The number of nitrogens with two attached hydrogens (primary N) is 1. The minimum atomic E-state index is 0.540. The highest BCUT2D eigenvalue weighted by Crippen LogP contribution is 2.10. The van der Waals surface area contributed by atoms with Crippen molar-refractivity contribution in [3.8, 4) is 0 Å². The minimum Gasteiger partial charge on any atom is -0.384 e. The topological polar surface area (TPSA) is 63.8 Å². The molecular weight excluding hydrogens is 200 g/mol. The molecular formula is C12H22N4. The number of hydrogen-bond donors (Lipinski definition) is 2. The van der Waals surface area contributed by atoms with Gasteiger partial charge in [0.2, 0.25) is 0 Å². The zero-order valence-corrected chi connectivity index (χ0v) is 10.5. The van der Waals surface area contributed by atoms with Crippen molar-refractivity contribution in [2.75, 3.05) is 17.6 Å². The van der Waals surface area contributed by atoms with Gasteiger partial charge in [0.1, 0.15) is 17.5 Å². The molecule has 1 heterocycles. The van der Waals surface area contributed by atoms with Gasteiger partial charge in [-0.15, -0.1) is 0 Å². The molecule has 0 spiro atoms. The number of nitrogen functional groups attached to an aromatic ring is 1. The van der Waals surface area contributed by atoms with Gasteiger partial charge in [-0.25, -0.2) is 9.97 Å². The van der Waals surface area contributed by atoms with Crippen molar-refractivity contribution >= 4 is 11.6 Å². The molecule has 1 aromatic heterocycles. The summed E-state index contributed by atoms with van der Waals surface area (Å²) in [6.45, 7) is 7.44. The van der Waals surface area contributed by atoms with Crippen molar-refractivity contribution in [2.24, 2.45) is 5.92 Å². The van der Waals surface area contributed by atoms with Crippen molar-refractivity contribution < 1.29 is 0 Å². The maximum absolute atomic E-state index is 5.70. The minimum absolute atomic E-state index is 0.540. The Morgan fingerprint density at radius 1 is 1.38 bits per heavy atom. The summed E-state index contributed by atoms with van der Waals surface area (Å²) in [5.41, 5.74) is 5.70. The van der Waals surface area contributed by atoms with Crippen molar-refractivity contribution in [1.29, 1.82) is 0 Å². The third kappa shape index (κ3) is 4.47. The van der Waals surface area contributed by atoms with E-state index in [4.69, 9.17) is 5.73 Å². The fraction of sp³-hybridized carbons (Fsp3) is 0.667. The van der Waals surface area contributed by atoms with Gasteiger partial charge in [0.05, 0.1) is 0 Å². The Kier molecular flexibility index (Phi) is 5.02. The fourth-order valence-electron chi connectivity index (χ4n) is 1.49. The Hall–Kier alpha value is -1.32. The van der Waals surface area contributed by atoms with Crippen LogP contribution in [0.25, 0.3) is 0 Å². The van der Waals surface area contributed by atoms with Gasteiger partial charge in [-0.2, -0.15) is 0 Å². The van der Waals surface area contributed by atoms with Crippen LogP contribution in [-0.2, 0) is 6.42 Å². The predicted molar refractivity (Wildman–Crippen MR) is 68.4 cm³/mol. The molecule has 0 aliphatic carbocycles. The van der Waals surface area contributed by atoms with Crippen LogP contribution >= 0.6 is 0 Å². The van der Waals surface area contributed by atoms with Crippen molar-refractivity contribution in [3.05, 3.63) is 11.9 Å². The number of rotatable bonds is 6. The molecule has 16 heavy (non-hydrogen) atoms. The number of aryl methyl sites for hydroxylation is 1. The number of anilines is 2. The van der Waals surface area contributed by atoms with Crippen LogP contribution < -0.4 is 11.1 Å². The third-order valence-corrected chi connectivity index (χ3v) is 2.37. The molecule has 0 aliphatic heterocycles. The highest BCUT2D eigenvalue weighted by atomic mass is 15.0. The molecule has 4 nitrogen and oxygen atoms in total. The summed E-state index contributed by atoms with van der Waals surface area (Å²) < 4.78 is 0. The SMILES string of the molecule is CCc1nc(N)cc(NCCCC(C)C)n1. The lowest BCUT2D eigenvalue weighted by Crippen LogP contribution is -2.08. The van der Waals surface area contributed by atoms with Crippen LogP contribution in [0.4, 0.5) is 11.6 Å². The van der Waals surface area contributed by atoms with E-state index in [0.29, 0.717) is 5.82 Å². The van der Waals surface area contributed by atoms with E-state index in [1.807, 2.05) is 6.92 Å². The van der Waals surface area contributed by atoms with Crippen molar-refractivity contribution in [3.63, 3.8) is 0 Å². The normalized spacial score (nSPS) is 10.8. The second-order valence-electron chi connectivity index (χ2n) is 4.41. The quantitative estimate of drug-likeness (QED) is 0.726. The molecule has 0 saturated heterocycles. The van der Waals surface area contributed by atoms with Gasteiger partial charge in [0.25, 0.3) is 0 Å². The molecule has 90 valence electrons. The molecule has 0 fully saturated rings. The van der Waals surface area contributed by atoms with E-state index in [1.54, 1.807) is 6.07 Å². The molecule has 1 rings (SSSR count). The first-order valence-corrected chi connectivity index (χ1v) is 5.99. The maximum Gasteiger partial charge on any atom is 0.132 e. The standard InChI is InChI=1S/C12H22N4/c1-4-11-15-10(13)8-12(16-11)14-7-5-6-9(2)3/h8-9H,4-7H2,1-3H3,(H3,13,14,15,16). The first kappa shape index (κ1) is 12.7. The number of nitrogens with one attached hydrogen (secondary N) is 1. The Morgan fingerprint density at radius 2 is 2.12 bits per heavy atom. The Labute approximate surface area is 97.7 Å². The molecule has 1 aromatic rings. The Balaban J connectivity index is 2.44. The molecule has 0 saturated carbocycles. The van der Waals surface area contributed by atoms with Crippen LogP contribution in [-0.4, -0.2) is 16.5 Å². The zero-order chi connectivity index (χ0) is 12.0. The highest BCUT2D eigenvalue weighted by Gasteiger charge is 2.00. The van der Waals surface area contributed by atoms with E-state index in [1.165, 1.54) is 6.42 Å². The lowest BCUT2D eigenvalue weighted by molar-refractivity contribution is 0.566.